The van der Waals surface area contributed by atoms with Gasteiger partial charge >= 0.3 is 6.18 Å². The molecular formula is C18H19F3N6S. The van der Waals surface area contributed by atoms with Crippen LogP contribution >= 0.6 is 11.3 Å². The fourth-order valence-electron chi connectivity index (χ4n) is 2.57. The minimum absolute atomic E-state index is 0.158. The highest BCUT2D eigenvalue weighted by Gasteiger charge is 2.33. The first-order chi connectivity index (χ1) is 13.4. The van der Waals surface area contributed by atoms with E-state index in [4.69, 9.17) is 0 Å². The molecule has 10 heteroatoms. The molecule has 0 amide bonds. The van der Waals surface area contributed by atoms with E-state index in [0.29, 0.717) is 17.5 Å². The van der Waals surface area contributed by atoms with E-state index < -0.39 is 11.9 Å². The molecule has 0 unspecified atom stereocenters. The number of hydrogen-bond donors (Lipinski definition) is 2. The van der Waals surface area contributed by atoms with Gasteiger partial charge < -0.3 is 15.2 Å². The van der Waals surface area contributed by atoms with Crippen LogP contribution < -0.4 is 5.32 Å². The predicted octanol–water partition coefficient (Wildman–Crippen LogP) is 3.76. The molecule has 0 aliphatic heterocycles. The minimum Gasteiger partial charge on any atom is -0.350 e. The van der Waals surface area contributed by atoms with E-state index in [1.165, 1.54) is 0 Å². The van der Waals surface area contributed by atoms with Crippen LogP contribution in [0.4, 0.5) is 13.2 Å². The summed E-state index contributed by atoms with van der Waals surface area (Å²) in [7, 11) is 3.43. The van der Waals surface area contributed by atoms with Crippen molar-refractivity contribution in [2.45, 2.75) is 19.3 Å². The number of rotatable bonds is 5. The van der Waals surface area contributed by atoms with Crippen molar-refractivity contribution in [1.82, 2.24) is 25.2 Å². The summed E-state index contributed by atoms with van der Waals surface area (Å²) in [5, 5.41) is 4.37. The van der Waals surface area contributed by atoms with Gasteiger partial charge in [-0.3, -0.25) is 4.99 Å². The van der Waals surface area contributed by atoms with Crippen molar-refractivity contribution in [3.63, 3.8) is 0 Å². The van der Waals surface area contributed by atoms with E-state index in [-0.39, 0.29) is 6.54 Å². The minimum atomic E-state index is -4.43. The van der Waals surface area contributed by atoms with Gasteiger partial charge in [0.05, 0.1) is 25.0 Å². The number of aromatic nitrogens is 3. The molecule has 0 radical (unpaired) electrons. The van der Waals surface area contributed by atoms with E-state index in [1.807, 2.05) is 42.3 Å². The smallest absolute Gasteiger partial charge is 0.350 e. The van der Waals surface area contributed by atoms with Crippen LogP contribution in [0.5, 0.6) is 0 Å². The van der Waals surface area contributed by atoms with Crippen molar-refractivity contribution in [3.8, 4) is 11.3 Å². The maximum absolute atomic E-state index is 12.6. The normalized spacial score (nSPS) is 12.2. The highest BCUT2D eigenvalue weighted by Crippen LogP contribution is 2.29. The van der Waals surface area contributed by atoms with Crippen LogP contribution in [0.2, 0.25) is 0 Å². The third-order valence-electron chi connectivity index (χ3n) is 3.91. The van der Waals surface area contributed by atoms with Crippen LogP contribution in [-0.4, -0.2) is 39.9 Å². The van der Waals surface area contributed by atoms with Crippen molar-refractivity contribution in [2.24, 2.45) is 4.99 Å². The Balaban J connectivity index is 1.59. The van der Waals surface area contributed by atoms with Gasteiger partial charge in [-0.05, 0) is 5.56 Å². The van der Waals surface area contributed by atoms with Crippen LogP contribution in [0.25, 0.3) is 11.3 Å². The number of alkyl halides is 3. The molecule has 0 aliphatic carbocycles. The van der Waals surface area contributed by atoms with E-state index in [0.717, 1.165) is 33.8 Å². The van der Waals surface area contributed by atoms with E-state index in [1.54, 1.807) is 13.2 Å². The Morgan fingerprint density at radius 3 is 2.68 bits per heavy atom. The molecule has 0 fully saturated rings. The summed E-state index contributed by atoms with van der Waals surface area (Å²) < 4.78 is 37.9. The van der Waals surface area contributed by atoms with Crippen molar-refractivity contribution in [1.29, 1.82) is 0 Å². The van der Waals surface area contributed by atoms with Crippen LogP contribution in [0.1, 0.15) is 16.5 Å². The maximum Gasteiger partial charge on any atom is 0.434 e. The first-order valence-corrected chi connectivity index (χ1v) is 9.27. The Hall–Kier alpha value is -2.88. The predicted molar refractivity (Wildman–Crippen MR) is 103 cm³/mol. The number of halogens is 3. The monoisotopic (exact) mass is 408 g/mol. The van der Waals surface area contributed by atoms with Crippen molar-refractivity contribution >= 4 is 17.3 Å². The van der Waals surface area contributed by atoms with E-state index >= 15 is 0 Å². The molecule has 0 bridgehead atoms. The summed E-state index contributed by atoms with van der Waals surface area (Å²) in [6.45, 7) is 0.614. The lowest BCUT2D eigenvalue weighted by atomic mass is 10.2. The van der Waals surface area contributed by atoms with Gasteiger partial charge in [0, 0.05) is 19.5 Å². The number of H-pyrrole nitrogens is 1. The molecule has 2 aromatic heterocycles. The topological polar surface area (TPSA) is 69.2 Å². The Bertz CT molecular complexity index is 932. The average Bonchev–Trinajstić information content (AvgIpc) is 3.32. The lowest BCUT2D eigenvalue weighted by molar-refractivity contribution is -0.140. The van der Waals surface area contributed by atoms with Gasteiger partial charge in [-0.2, -0.15) is 13.2 Å². The number of aliphatic imine (C=N–C) groups is 1. The quantitative estimate of drug-likeness (QED) is 0.498. The Morgan fingerprint density at radius 2 is 2.04 bits per heavy atom. The fourth-order valence-corrected chi connectivity index (χ4v) is 3.31. The summed E-state index contributed by atoms with van der Waals surface area (Å²) in [6, 6.07) is 9.84. The molecule has 3 rings (SSSR count). The van der Waals surface area contributed by atoms with Gasteiger partial charge in [0.15, 0.2) is 11.7 Å². The number of imidazole rings is 1. The van der Waals surface area contributed by atoms with Gasteiger partial charge in [-0.15, -0.1) is 11.3 Å². The second kappa shape index (κ2) is 8.42. The van der Waals surface area contributed by atoms with Gasteiger partial charge in [-0.25, -0.2) is 9.97 Å². The molecule has 0 saturated heterocycles. The molecule has 0 saturated carbocycles. The van der Waals surface area contributed by atoms with Gasteiger partial charge in [0.1, 0.15) is 10.8 Å². The second-order valence-electron chi connectivity index (χ2n) is 5.99. The molecule has 2 N–H and O–H groups in total. The van der Waals surface area contributed by atoms with Crippen LogP contribution in [-0.2, 0) is 19.3 Å². The highest BCUT2D eigenvalue weighted by atomic mass is 32.1. The number of hydrogen-bond acceptors (Lipinski definition) is 4. The Kier molecular flexibility index (Phi) is 5.98. The van der Waals surface area contributed by atoms with E-state index in [2.05, 4.69) is 25.3 Å². The first-order valence-electron chi connectivity index (χ1n) is 8.39. The first kappa shape index (κ1) is 19.9. The Morgan fingerprint density at radius 1 is 1.29 bits per heavy atom. The molecule has 0 spiro atoms. The summed E-state index contributed by atoms with van der Waals surface area (Å²) in [5.74, 6) is 1.28. The third kappa shape index (κ3) is 4.89. The van der Waals surface area contributed by atoms with Crippen molar-refractivity contribution < 1.29 is 13.2 Å². The lowest BCUT2D eigenvalue weighted by Gasteiger charge is -2.20. The van der Waals surface area contributed by atoms with Crippen molar-refractivity contribution in [2.75, 3.05) is 14.1 Å². The summed E-state index contributed by atoms with van der Waals surface area (Å²) in [5.41, 5.74) is 1.08. The number of nitrogens with zero attached hydrogens (tertiary/aromatic N) is 4. The summed E-state index contributed by atoms with van der Waals surface area (Å²) in [6.07, 6.45) is -2.66. The molecule has 0 aliphatic rings. The largest absolute Gasteiger partial charge is 0.434 e. The van der Waals surface area contributed by atoms with Crippen LogP contribution in [0, 0.1) is 0 Å². The van der Waals surface area contributed by atoms with Crippen LogP contribution in [0.15, 0.2) is 46.9 Å². The molecule has 1 aromatic carbocycles. The fraction of sp³-hybridized carbons (Fsp3) is 0.278. The van der Waals surface area contributed by atoms with Gasteiger partial charge in [0.2, 0.25) is 0 Å². The SMILES string of the molecule is CN=C(NCc1nc(C(F)(F)F)cs1)N(C)Cc1ncc(-c2ccccc2)[nH]1. The Labute approximate surface area is 164 Å². The maximum atomic E-state index is 12.6. The van der Waals surface area contributed by atoms with Crippen molar-refractivity contribution in [3.05, 3.63) is 58.4 Å². The summed E-state index contributed by atoms with van der Waals surface area (Å²) >= 11 is 0.960. The molecule has 148 valence electrons. The van der Waals surface area contributed by atoms with E-state index in [9.17, 15) is 13.2 Å². The number of benzene rings is 1. The zero-order valence-electron chi connectivity index (χ0n) is 15.3. The zero-order valence-corrected chi connectivity index (χ0v) is 16.1. The molecule has 2 heterocycles. The molecular weight excluding hydrogens is 389 g/mol. The van der Waals surface area contributed by atoms with Gasteiger partial charge in [-0.1, -0.05) is 30.3 Å². The number of nitrogens with one attached hydrogen (secondary N) is 2. The molecule has 6 nitrogen and oxygen atoms in total. The molecule has 3 aromatic rings. The number of thiazole rings is 1. The zero-order chi connectivity index (χ0) is 20.1. The molecule has 28 heavy (non-hydrogen) atoms. The third-order valence-corrected chi connectivity index (χ3v) is 4.76. The highest BCUT2D eigenvalue weighted by molar-refractivity contribution is 7.09. The lowest BCUT2D eigenvalue weighted by Crippen LogP contribution is -2.38. The standard InChI is InChI=1S/C18H19F3N6S/c1-22-17(24-9-16-26-14(11-28-16)18(19,20)21)27(2)10-15-23-8-13(25-15)12-6-4-3-5-7-12/h3-8,11H,9-10H2,1-2H3,(H,22,24)(H,23,25). The molecule has 0 atom stereocenters. The average molecular weight is 408 g/mol. The van der Waals surface area contributed by atoms with Crippen LogP contribution in [0.3, 0.4) is 0 Å². The summed E-state index contributed by atoms with van der Waals surface area (Å²) in [4.78, 5) is 17.2. The van der Waals surface area contributed by atoms with Gasteiger partial charge in [0.25, 0.3) is 0 Å². The number of guanidine groups is 1. The number of aromatic amines is 1. The second-order valence-corrected chi connectivity index (χ2v) is 6.93.